The van der Waals surface area contributed by atoms with Crippen LogP contribution in [0, 0.1) is 11.8 Å². The second-order valence-corrected chi connectivity index (χ2v) is 5.17. The third-order valence-corrected chi connectivity index (χ3v) is 4.06. The van der Waals surface area contributed by atoms with E-state index in [1.807, 2.05) is 12.2 Å². The lowest BCUT2D eigenvalue weighted by Gasteiger charge is -2.28. The van der Waals surface area contributed by atoms with E-state index >= 15 is 0 Å². The number of imide groups is 2. The number of nitrogens with zero attached hydrogens (tertiary/aromatic N) is 1. The Bertz CT molecular complexity index is 485. The summed E-state index contributed by atoms with van der Waals surface area (Å²) in [5.74, 6) is -2.09. The quantitative estimate of drug-likeness (QED) is 0.521. The molecule has 2 saturated heterocycles. The van der Waals surface area contributed by atoms with Gasteiger partial charge in [-0.2, -0.15) is 0 Å². The lowest BCUT2D eigenvalue weighted by molar-refractivity contribution is -0.151. The molecule has 3 aliphatic rings. The zero-order valence-electron chi connectivity index (χ0n) is 10.3. The molecule has 2 fully saturated rings. The molecular weight excluding hydrogens is 248 g/mol. The van der Waals surface area contributed by atoms with Gasteiger partial charge < -0.3 is 0 Å². The van der Waals surface area contributed by atoms with Gasteiger partial charge in [-0.05, 0) is 19.3 Å². The topological polar surface area (TPSA) is 83.6 Å². The van der Waals surface area contributed by atoms with Gasteiger partial charge in [0.2, 0.25) is 23.6 Å². The molecule has 19 heavy (non-hydrogen) atoms. The Kier molecular flexibility index (Phi) is 2.73. The van der Waals surface area contributed by atoms with Crippen LogP contribution in [-0.4, -0.2) is 34.6 Å². The number of hydrogen-bond acceptors (Lipinski definition) is 4. The summed E-state index contributed by atoms with van der Waals surface area (Å²) in [5, 5.41) is 2.19. The zero-order chi connectivity index (χ0) is 13.6. The first-order chi connectivity index (χ1) is 9.09. The fraction of sp³-hybridized carbons (Fsp3) is 0.538. The third kappa shape index (κ3) is 1.78. The lowest BCUT2D eigenvalue weighted by Crippen LogP contribution is -2.54. The van der Waals surface area contributed by atoms with Crippen molar-refractivity contribution in [2.45, 2.75) is 31.7 Å². The maximum atomic E-state index is 12.3. The molecule has 3 rings (SSSR count). The van der Waals surface area contributed by atoms with Crippen molar-refractivity contribution in [3.05, 3.63) is 12.2 Å². The molecule has 100 valence electrons. The molecule has 0 bridgehead atoms. The molecule has 0 saturated carbocycles. The SMILES string of the molecule is O=C1CCC(N2C(=O)[C@H]3CC=CC[C@H]3C2=O)C(=O)N1. The summed E-state index contributed by atoms with van der Waals surface area (Å²) in [6.07, 6.45) is 5.31. The molecule has 1 unspecified atom stereocenters. The van der Waals surface area contributed by atoms with E-state index in [0.717, 1.165) is 4.90 Å². The number of fused-ring (bicyclic) bond motifs is 1. The zero-order valence-corrected chi connectivity index (χ0v) is 10.3. The Morgan fingerprint density at radius 2 is 1.58 bits per heavy atom. The van der Waals surface area contributed by atoms with Gasteiger partial charge in [0.25, 0.3) is 0 Å². The first-order valence-corrected chi connectivity index (χ1v) is 6.45. The van der Waals surface area contributed by atoms with Gasteiger partial charge in [-0.1, -0.05) is 12.2 Å². The molecule has 0 radical (unpaired) electrons. The summed E-state index contributed by atoms with van der Waals surface area (Å²) in [4.78, 5) is 48.6. The van der Waals surface area contributed by atoms with Crippen molar-refractivity contribution in [2.24, 2.45) is 11.8 Å². The number of carbonyl (C=O) groups is 4. The van der Waals surface area contributed by atoms with E-state index in [1.165, 1.54) is 0 Å². The Balaban J connectivity index is 1.85. The summed E-state index contributed by atoms with van der Waals surface area (Å²) in [5.41, 5.74) is 0. The van der Waals surface area contributed by atoms with E-state index in [2.05, 4.69) is 5.32 Å². The van der Waals surface area contributed by atoms with Crippen LogP contribution in [0.5, 0.6) is 0 Å². The Labute approximate surface area is 109 Å². The van der Waals surface area contributed by atoms with Crippen LogP contribution in [0.3, 0.4) is 0 Å². The van der Waals surface area contributed by atoms with Crippen molar-refractivity contribution in [3.8, 4) is 0 Å². The lowest BCUT2D eigenvalue weighted by atomic mass is 9.85. The van der Waals surface area contributed by atoms with Crippen LogP contribution in [0.2, 0.25) is 0 Å². The molecule has 1 N–H and O–H groups in total. The van der Waals surface area contributed by atoms with Crippen LogP contribution in [-0.2, 0) is 19.2 Å². The smallest absolute Gasteiger partial charge is 0.249 e. The molecule has 3 atom stereocenters. The highest BCUT2D eigenvalue weighted by Gasteiger charge is 2.51. The number of carbonyl (C=O) groups excluding carboxylic acids is 4. The van der Waals surface area contributed by atoms with Crippen molar-refractivity contribution in [3.63, 3.8) is 0 Å². The van der Waals surface area contributed by atoms with E-state index in [0.29, 0.717) is 12.8 Å². The maximum Gasteiger partial charge on any atom is 0.249 e. The minimum absolute atomic E-state index is 0.168. The third-order valence-electron chi connectivity index (χ3n) is 4.06. The summed E-state index contributed by atoms with van der Waals surface area (Å²) >= 11 is 0. The van der Waals surface area contributed by atoms with Gasteiger partial charge in [-0.3, -0.25) is 29.4 Å². The highest BCUT2D eigenvalue weighted by molar-refractivity contribution is 6.10. The number of allylic oxidation sites excluding steroid dienone is 2. The fourth-order valence-electron chi connectivity index (χ4n) is 3.06. The minimum atomic E-state index is -0.816. The van der Waals surface area contributed by atoms with Crippen LogP contribution in [0.4, 0.5) is 0 Å². The van der Waals surface area contributed by atoms with Gasteiger partial charge in [0.05, 0.1) is 11.8 Å². The van der Waals surface area contributed by atoms with Crippen LogP contribution >= 0.6 is 0 Å². The molecule has 2 aliphatic heterocycles. The van der Waals surface area contributed by atoms with E-state index in [1.54, 1.807) is 0 Å². The van der Waals surface area contributed by atoms with Gasteiger partial charge in [0.15, 0.2) is 0 Å². The Morgan fingerprint density at radius 3 is 2.11 bits per heavy atom. The van der Waals surface area contributed by atoms with E-state index in [-0.39, 0.29) is 42.4 Å². The fourth-order valence-corrected chi connectivity index (χ4v) is 3.06. The monoisotopic (exact) mass is 262 g/mol. The average Bonchev–Trinajstić information content (AvgIpc) is 2.64. The summed E-state index contributed by atoms with van der Waals surface area (Å²) in [6, 6.07) is -0.816. The highest BCUT2D eigenvalue weighted by Crippen LogP contribution is 2.37. The van der Waals surface area contributed by atoms with Gasteiger partial charge >= 0.3 is 0 Å². The van der Waals surface area contributed by atoms with E-state index < -0.39 is 11.9 Å². The Morgan fingerprint density at radius 1 is 1.00 bits per heavy atom. The molecule has 0 aromatic carbocycles. The van der Waals surface area contributed by atoms with Gasteiger partial charge in [0.1, 0.15) is 6.04 Å². The number of hydrogen-bond donors (Lipinski definition) is 1. The van der Waals surface area contributed by atoms with Gasteiger partial charge in [-0.15, -0.1) is 0 Å². The summed E-state index contributed by atoms with van der Waals surface area (Å²) < 4.78 is 0. The molecule has 2 heterocycles. The molecule has 4 amide bonds. The molecule has 0 aromatic heterocycles. The standard InChI is InChI=1S/C13H14N2O4/c16-10-6-5-9(11(17)14-10)15-12(18)7-3-1-2-4-8(7)13(15)19/h1-2,7-9H,3-6H2,(H,14,16,17)/t7-,8+,9?. The number of nitrogens with one attached hydrogen (secondary N) is 1. The summed E-state index contributed by atoms with van der Waals surface area (Å²) in [7, 11) is 0. The second-order valence-electron chi connectivity index (χ2n) is 5.17. The number of likely N-dealkylation sites (tertiary alicyclic amines) is 1. The van der Waals surface area contributed by atoms with Crippen LogP contribution < -0.4 is 5.32 Å². The predicted octanol–water partition coefficient (Wildman–Crippen LogP) is -0.257. The van der Waals surface area contributed by atoms with Crippen molar-refractivity contribution in [1.29, 1.82) is 0 Å². The molecule has 0 spiro atoms. The average molecular weight is 262 g/mol. The minimum Gasteiger partial charge on any atom is -0.295 e. The van der Waals surface area contributed by atoms with E-state index in [9.17, 15) is 19.2 Å². The molecule has 1 aliphatic carbocycles. The number of rotatable bonds is 1. The normalized spacial score (nSPS) is 34.5. The molecule has 6 heteroatoms. The highest BCUT2D eigenvalue weighted by atomic mass is 16.2. The molecule has 6 nitrogen and oxygen atoms in total. The van der Waals surface area contributed by atoms with Crippen molar-refractivity contribution >= 4 is 23.6 Å². The largest absolute Gasteiger partial charge is 0.295 e. The van der Waals surface area contributed by atoms with Gasteiger partial charge in [0, 0.05) is 6.42 Å². The van der Waals surface area contributed by atoms with Crippen LogP contribution in [0.15, 0.2) is 12.2 Å². The molecule has 0 aromatic rings. The number of piperidine rings is 1. The predicted molar refractivity (Wildman–Crippen MR) is 63.4 cm³/mol. The number of amides is 4. The van der Waals surface area contributed by atoms with Crippen molar-refractivity contribution in [1.82, 2.24) is 10.2 Å². The van der Waals surface area contributed by atoms with Crippen LogP contribution in [0.1, 0.15) is 25.7 Å². The summed E-state index contributed by atoms with van der Waals surface area (Å²) in [6.45, 7) is 0. The van der Waals surface area contributed by atoms with Crippen molar-refractivity contribution in [2.75, 3.05) is 0 Å². The van der Waals surface area contributed by atoms with Gasteiger partial charge in [-0.25, -0.2) is 0 Å². The van der Waals surface area contributed by atoms with Crippen molar-refractivity contribution < 1.29 is 19.2 Å². The first kappa shape index (κ1) is 12.1. The second kappa shape index (κ2) is 4.29. The first-order valence-electron chi connectivity index (χ1n) is 6.45. The Hall–Kier alpha value is -1.98. The van der Waals surface area contributed by atoms with Crippen LogP contribution in [0.25, 0.3) is 0 Å². The van der Waals surface area contributed by atoms with E-state index in [4.69, 9.17) is 0 Å². The maximum absolute atomic E-state index is 12.3. The molecular formula is C13H14N2O4.